The van der Waals surface area contributed by atoms with Gasteiger partial charge in [-0.25, -0.2) is 0 Å². The minimum absolute atomic E-state index is 0. The van der Waals surface area contributed by atoms with Crippen molar-refractivity contribution in [1.29, 1.82) is 0 Å². The van der Waals surface area contributed by atoms with Crippen LogP contribution in [-0.4, -0.2) is 15.1 Å². The predicted octanol–water partition coefficient (Wildman–Crippen LogP) is 8.91. The number of aromatic nitrogens is 2. The van der Waals surface area contributed by atoms with Gasteiger partial charge in [0.1, 0.15) is 5.75 Å². The summed E-state index contributed by atoms with van der Waals surface area (Å²) >= 11 is 0. The Labute approximate surface area is 240 Å². The van der Waals surface area contributed by atoms with Gasteiger partial charge in [0.05, 0.1) is 5.69 Å². The van der Waals surface area contributed by atoms with Crippen molar-refractivity contribution in [1.82, 2.24) is 9.97 Å². The minimum Gasteiger partial charge on any atom is -0.507 e. The second kappa shape index (κ2) is 13.8. The van der Waals surface area contributed by atoms with Crippen LogP contribution in [-0.2, 0) is 20.1 Å². The summed E-state index contributed by atoms with van der Waals surface area (Å²) in [5, 5.41) is 9.75. The molecule has 0 spiro atoms. The molecular weight excluding hydrogens is 645 g/mol. The largest absolute Gasteiger partial charge is 0.507 e. The molecular formula is C34H33IrN2O-. The third-order valence-electron chi connectivity index (χ3n) is 6.27. The smallest absolute Gasteiger partial charge is 0.124 e. The van der Waals surface area contributed by atoms with Gasteiger partial charge in [-0.3, -0.25) is 4.98 Å². The molecule has 3 aromatic carbocycles. The van der Waals surface area contributed by atoms with E-state index in [0.29, 0.717) is 11.8 Å². The average molecular weight is 678 g/mol. The molecule has 1 radical (unpaired) electrons. The van der Waals surface area contributed by atoms with Gasteiger partial charge in [-0.05, 0) is 59.0 Å². The minimum atomic E-state index is 0. The zero-order chi connectivity index (χ0) is 26.2. The second-order valence-electron chi connectivity index (χ2n) is 9.63. The zero-order valence-electron chi connectivity index (χ0n) is 22.2. The molecule has 5 rings (SSSR count). The van der Waals surface area contributed by atoms with Gasteiger partial charge in [0, 0.05) is 38.1 Å². The van der Waals surface area contributed by atoms with Gasteiger partial charge in [-0.2, -0.15) is 0 Å². The van der Waals surface area contributed by atoms with Crippen LogP contribution < -0.4 is 0 Å². The van der Waals surface area contributed by atoms with Crippen molar-refractivity contribution >= 4 is 0 Å². The predicted molar refractivity (Wildman–Crippen MR) is 153 cm³/mol. The van der Waals surface area contributed by atoms with E-state index in [4.69, 9.17) is 0 Å². The number of nitrogens with zero attached hydrogens (tertiary/aromatic N) is 2. The van der Waals surface area contributed by atoms with Gasteiger partial charge >= 0.3 is 0 Å². The fraction of sp³-hybridized carbons (Fsp3) is 0.176. The summed E-state index contributed by atoms with van der Waals surface area (Å²) in [5.74, 6) is 1.24. The molecule has 38 heavy (non-hydrogen) atoms. The molecule has 0 bridgehead atoms. The van der Waals surface area contributed by atoms with Crippen molar-refractivity contribution in [2.45, 2.75) is 39.5 Å². The average Bonchev–Trinajstić information content (AvgIpc) is 2.94. The fourth-order valence-electron chi connectivity index (χ4n) is 4.02. The molecule has 0 aliphatic carbocycles. The molecule has 3 nitrogen and oxygen atoms in total. The molecule has 0 saturated carbocycles. The van der Waals surface area contributed by atoms with E-state index >= 15 is 0 Å². The zero-order valence-corrected chi connectivity index (χ0v) is 24.6. The molecule has 0 unspecified atom stereocenters. The molecule has 2 aromatic heterocycles. The van der Waals surface area contributed by atoms with Crippen LogP contribution in [0.15, 0.2) is 109 Å². The second-order valence-corrected chi connectivity index (χ2v) is 9.63. The molecule has 1 N–H and O–H groups in total. The first-order valence-electron chi connectivity index (χ1n) is 12.7. The van der Waals surface area contributed by atoms with Crippen molar-refractivity contribution in [2.75, 3.05) is 0 Å². The van der Waals surface area contributed by atoms with E-state index in [0.717, 1.165) is 22.5 Å². The normalized spacial score (nSPS) is 10.5. The maximum atomic E-state index is 9.75. The monoisotopic (exact) mass is 678 g/mol. The van der Waals surface area contributed by atoms with Crippen LogP contribution in [0.5, 0.6) is 5.75 Å². The van der Waals surface area contributed by atoms with E-state index in [-0.39, 0.29) is 25.9 Å². The number of aromatic hydroxyl groups is 1. The Bertz CT molecular complexity index is 1450. The van der Waals surface area contributed by atoms with Gasteiger partial charge in [-0.1, -0.05) is 81.8 Å². The van der Waals surface area contributed by atoms with Gasteiger partial charge in [-0.15, -0.1) is 35.4 Å². The number of hydrogen-bond acceptors (Lipinski definition) is 3. The van der Waals surface area contributed by atoms with Gasteiger partial charge in [0.25, 0.3) is 0 Å². The number of phenols is 1. The summed E-state index contributed by atoms with van der Waals surface area (Å²) < 4.78 is 0. The molecule has 5 aromatic rings. The molecule has 0 amide bonds. The Morgan fingerprint density at radius 1 is 0.632 bits per heavy atom. The van der Waals surface area contributed by atoms with Crippen LogP contribution in [0.3, 0.4) is 0 Å². The van der Waals surface area contributed by atoms with Crippen LogP contribution in [0.4, 0.5) is 0 Å². The molecule has 0 fully saturated rings. The molecule has 0 aliphatic rings. The molecule has 195 valence electrons. The van der Waals surface area contributed by atoms with Crippen molar-refractivity contribution in [2.24, 2.45) is 0 Å². The fourth-order valence-corrected chi connectivity index (χ4v) is 4.02. The van der Waals surface area contributed by atoms with Gasteiger partial charge < -0.3 is 10.1 Å². The summed E-state index contributed by atoms with van der Waals surface area (Å²) in [4.78, 5) is 8.79. The van der Waals surface area contributed by atoms with Crippen LogP contribution in [0.1, 0.15) is 50.7 Å². The van der Waals surface area contributed by atoms with E-state index in [9.17, 15) is 5.11 Å². The Morgan fingerprint density at radius 2 is 1.21 bits per heavy atom. The van der Waals surface area contributed by atoms with Crippen molar-refractivity contribution in [3.63, 3.8) is 0 Å². The van der Waals surface area contributed by atoms with Gasteiger partial charge in [0.15, 0.2) is 0 Å². The van der Waals surface area contributed by atoms with E-state index < -0.39 is 0 Å². The maximum absolute atomic E-state index is 9.75. The Morgan fingerprint density at radius 3 is 1.84 bits per heavy atom. The first-order chi connectivity index (χ1) is 17.9. The number of phenolic OH excluding ortho intramolecular Hbond substituents is 1. The summed E-state index contributed by atoms with van der Waals surface area (Å²) in [6.07, 6.45) is 3.67. The van der Waals surface area contributed by atoms with Crippen LogP contribution >= 0.6 is 0 Å². The molecule has 0 saturated heterocycles. The van der Waals surface area contributed by atoms with E-state index in [1.54, 1.807) is 12.3 Å². The van der Waals surface area contributed by atoms with E-state index in [2.05, 4.69) is 92.3 Å². The topological polar surface area (TPSA) is 46.0 Å². The number of para-hydroxylation sites is 1. The van der Waals surface area contributed by atoms with Crippen molar-refractivity contribution in [3.05, 3.63) is 127 Å². The van der Waals surface area contributed by atoms with Gasteiger partial charge in [0.2, 0.25) is 0 Å². The van der Waals surface area contributed by atoms with Crippen LogP contribution in [0.2, 0.25) is 0 Å². The van der Waals surface area contributed by atoms with Crippen LogP contribution in [0.25, 0.3) is 33.6 Å². The van der Waals surface area contributed by atoms with E-state index in [1.165, 1.54) is 22.3 Å². The molecule has 4 heteroatoms. The number of benzene rings is 3. The van der Waals surface area contributed by atoms with Crippen molar-refractivity contribution < 1.29 is 25.2 Å². The van der Waals surface area contributed by atoms with E-state index in [1.807, 2.05) is 48.7 Å². The molecule has 0 atom stereocenters. The number of rotatable bonds is 5. The standard InChI is InChI=1S/C20H18N.C14H15NO.Ir/c1-15(2)17-11-12-21-20(14-17)19-10-6-9-18(13-19)16-7-4-3-5-8-16;1-10(2)11-7-8-15-13(9-11)12-5-3-4-6-14(12)16;/h3-9,11-15H,1-2H3;3-10,16H,1-2H3;/q-1;;. The first kappa shape index (κ1) is 29.0. The van der Waals surface area contributed by atoms with Crippen LogP contribution in [0, 0.1) is 6.07 Å². The SMILES string of the molecule is CC(C)c1ccnc(-c2[c-]ccc(-c3ccccc3)c2)c1.CC(C)c1ccnc(-c2ccccc2O)c1.[Ir]. The molecule has 0 aliphatic heterocycles. The number of hydrogen-bond donors (Lipinski definition) is 1. The first-order valence-corrected chi connectivity index (χ1v) is 12.7. The summed E-state index contributed by atoms with van der Waals surface area (Å²) in [6.45, 7) is 8.68. The Kier molecular flexibility index (Phi) is 10.5. The maximum Gasteiger partial charge on any atom is 0.124 e. The number of pyridine rings is 2. The quantitative estimate of drug-likeness (QED) is 0.189. The third-order valence-corrected chi connectivity index (χ3v) is 6.27. The Balaban J connectivity index is 0.000000213. The summed E-state index contributed by atoms with van der Waals surface area (Å²) in [6, 6.07) is 35.5. The third kappa shape index (κ3) is 7.47. The summed E-state index contributed by atoms with van der Waals surface area (Å²) in [7, 11) is 0. The molecule has 2 heterocycles. The summed E-state index contributed by atoms with van der Waals surface area (Å²) in [5.41, 5.74) is 8.58. The Hall–Kier alpha value is -3.59. The van der Waals surface area contributed by atoms with Crippen molar-refractivity contribution in [3.8, 4) is 39.4 Å².